The molecule has 0 fully saturated rings. The van der Waals surface area contributed by atoms with Crippen LogP contribution in [0.1, 0.15) is 5.69 Å². The highest BCUT2D eigenvalue weighted by atomic mass is 79.9. The van der Waals surface area contributed by atoms with Crippen LogP contribution in [0, 0.1) is 6.92 Å². The zero-order valence-corrected chi connectivity index (χ0v) is 12.3. The number of hydrogen-bond acceptors (Lipinski definition) is 2. The summed E-state index contributed by atoms with van der Waals surface area (Å²) in [5.74, 6) is 0. The largest absolute Gasteiger partial charge is 0.360 e. The minimum atomic E-state index is 0.845. The number of fused-ring (bicyclic) bond motifs is 2. The Morgan fingerprint density at radius 3 is 2.90 bits per heavy atom. The number of nitrogens with one attached hydrogen (secondary N) is 1. The molecule has 3 aromatic heterocycles. The highest BCUT2D eigenvalue weighted by molar-refractivity contribution is 9.10. The average molecular weight is 327 g/mol. The van der Waals surface area contributed by atoms with Crippen molar-refractivity contribution < 1.29 is 0 Å². The van der Waals surface area contributed by atoms with Gasteiger partial charge in [0.2, 0.25) is 0 Å². The molecule has 1 N–H and O–H groups in total. The van der Waals surface area contributed by atoms with Gasteiger partial charge in [-0.05, 0) is 41.1 Å². The molecule has 98 valence electrons. The van der Waals surface area contributed by atoms with E-state index in [1.54, 1.807) is 0 Å². The minimum absolute atomic E-state index is 0.845. The van der Waals surface area contributed by atoms with Crippen molar-refractivity contribution in [3.63, 3.8) is 0 Å². The molecule has 5 heteroatoms. The van der Waals surface area contributed by atoms with Crippen LogP contribution in [-0.4, -0.2) is 19.6 Å². The van der Waals surface area contributed by atoms with E-state index in [9.17, 15) is 0 Å². The number of aromatic amines is 1. The van der Waals surface area contributed by atoms with Gasteiger partial charge in [-0.25, -0.2) is 9.50 Å². The van der Waals surface area contributed by atoms with Crippen LogP contribution in [0.3, 0.4) is 0 Å². The van der Waals surface area contributed by atoms with Crippen LogP contribution in [0.5, 0.6) is 0 Å². The summed E-state index contributed by atoms with van der Waals surface area (Å²) in [6.45, 7) is 1.96. The third-order valence-electron chi connectivity index (χ3n) is 3.45. The lowest BCUT2D eigenvalue weighted by atomic mass is 10.1. The average Bonchev–Trinajstić information content (AvgIpc) is 3.01. The summed E-state index contributed by atoms with van der Waals surface area (Å²) in [5.41, 5.74) is 4.92. The van der Waals surface area contributed by atoms with Crippen molar-refractivity contribution in [2.24, 2.45) is 0 Å². The van der Waals surface area contributed by atoms with Crippen molar-refractivity contribution in [1.82, 2.24) is 19.6 Å². The molecule has 0 aliphatic heterocycles. The summed E-state index contributed by atoms with van der Waals surface area (Å²) in [7, 11) is 0. The standard InChI is InChI=1S/C15H11BrN4/c1-9-15(16)20-14(18-9)7-6-13(19-20)11-8-17-12-5-3-2-4-10(11)12/h2-8,17H,1H3. The zero-order valence-electron chi connectivity index (χ0n) is 10.8. The number of imidazole rings is 1. The monoisotopic (exact) mass is 326 g/mol. The molecule has 20 heavy (non-hydrogen) atoms. The van der Waals surface area contributed by atoms with Crippen molar-refractivity contribution in [3.05, 3.63) is 52.9 Å². The number of hydrogen-bond donors (Lipinski definition) is 1. The second-order valence-corrected chi connectivity index (χ2v) is 5.48. The number of rotatable bonds is 1. The van der Waals surface area contributed by atoms with Gasteiger partial charge in [0.25, 0.3) is 0 Å². The van der Waals surface area contributed by atoms with E-state index in [0.717, 1.165) is 32.7 Å². The summed E-state index contributed by atoms with van der Waals surface area (Å²) in [5, 5.41) is 5.85. The van der Waals surface area contributed by atoms with Crippen LogP contribution in [-0.2, 0) is 0 Å². The van der Waals surface area contributed by atoms with Crippen LogP contribution in [0.2, 0.25) is 0 Å². The Kier molecular flexibility index (Phi) is 2.44. The highest BCUT2D eigenvalue weighted by Gasteiger charge is 2.11. The first kappa shape index (κ1) is 11.7. The molecule has 4 nitrogen and oxygen atoms in total. The van der Waals surface area contributed by atoms with Gasteiger partial charge >= 0.3 is 0 Å². The molecule has 0 saturated heterocycles. The van der Waals surface area contributed by atoms with Crippen LogP contribution < -0.4 is 0 Å². The maximum Gasteiger partial charge on any atom is 0.155 e. The van der Waals surface area contributed by atoms with Crippen molar-refractivity contribution in [2.75, 3.05) is 0 Å². The van der Waals surface area contributed by atoms with E-state index in [4.69, 9.17) is 0 Å². The van der Waals surface area contributed by atoms with Gasteiger partial charge in [-0.3, -0.25) is 0 Å². The molecule has 0 amide bonds. The van der Waals surface area contributed by atoms with E-state index >= 15 is 0 Å². The molecule has 0 bridgehead atoms. The topological polar surface area (TPSA) is 46.0 Å². The number of aryl methyl sites for hydroxylation is 1. The first-order chi connectivity index (χ1) is 9.74. The predicted molar refractivity (Wildman–Crippen MR) is 82.7 cm³/mol. The molecule has 4 aromatic rings. The lowest BCUT2D eigenvalue weighted by Gasteiger charge is -2.01. The van der Waals surface area contributed by atoms with Crippen molar-refractivity contribution in [3.8, 4) is 11.3 Å². The number of para-hydroxylation sites is 1. The Bertz CT molecular complexity index is 936. The molecule has 0 spiro atoms. The molecule has 1 aromatic carbocycles. The molecule has 0 radical (unpaired) electrons. The molecule has 0 saturated carbocycles. The number of benzene rings is 1. The molecule has 0 atom stereocenters. The van der Waals surface area contributed by atoms with E-state index in [1.165, 1.54) is 5.39 Å². The number of aromatic nitrogens is 4. The summed E-state index contributed by atoms with van der Waals surface area (Å²) in [6.07, 6.45) is 2.00. The van der Waals surface area contributed by atoms with Crippen LogP contribution in [0.15, 0.2) is 47.2 Å². The van der Waals surface area contributed by atoms with E-state index in [-0.39, 0.29) is 0 Å². The second-order valence-electron chi connectivity index (χ2n) is 4.72. The van der Waals surface area contributed by atoms with Crippen LogP contribution >= 0.6 is 15.9 Å². The second kappa shape index (κ2) is 4.18. The van der Waals surface area contributed by atoms with Gasteiger partial charge in [0, 0.05) is 22.7 Å². The van der Waals surface area contributed by atoms with Crippen LogP contribution in [0.25, 0.3) is 27.8 Å². The molecule has 4 rings (SSSR count). The summed E-state index contributed by atoms with van der Waals surface area (Å²) < 4.78 is 2.72. The molecule has 0 unspecified atom stereocenters. The third-order valence-corrected chi connectivity index (χ3v) is 4.36. The Morgan fingerprint density at radius 2 is 2.00 bits per heavy atom. The summed E-state index contributed by atoms with van der Waals surface area (Å²) >= 11 is 3.53. The fourth-order valence-corrected chi connectivity index (χ4v) is 2.79. The molecule has 0 aliphatic carbocycles. The lowest BCUT2D eigenvalue weighted by molar-refractivity contribution is 0.920. The molecule has 0 aliphatic rings. The van der Waals surface area contributed by atoms with Gasteiger partial charge in [-0.2, -0.15) is 5.10 Å². The molecular weight excluding hydrogens is 316 g/mol. The maximum atomic E-state index is 4.68. The Labute approximate surface area is 123 Å². The quantitative estimate of drug-likeness (QED) is 0.575. The van der Waals surface area contributed by atoms with E-state index in [2.05, 4.69) is 43.1 Å². The Morgan fingerprint density at radius 1 is 1.15 bits per heavy atom. The maximum absolute atomic E-state index is 4.68. The lowest BCUT2D eigenvalue weighted by Crippen LogP contribution is -1.94. The minimum Gasteiger partial charge on any atom is -0.360 e. The number of nitrogens with zero attached hydrogens (tertiary/aromatic N) is 3. The molecule has 3 heterocycles. The van der Waals surface area contributed by atoms with Gasteiger partial charge in [0.1, 0.15) is 4.60 Å². The Hall–Kier alpha value is -2.14. The summed E-state index contributed by atoms with van der Waals surface area (Å²) in [6, 6.07) is 12.2. The SMILES string of the molecule is Cc1nc2ccc(-c3c[nH]c4ccccc34)nn2c1Br. The van der Waals surface area contributed by atoms with Gasteiger partial charge in [0.15, 0.2) is 5.65 Å². The van der Waals surface area contributed by atoms with Gasteiger partial charge in [-0.15, -0.1) is 0 Å². The first-order valence-corrected chi connectivity index (χ1v) is 7.12. The third kappa shape index (κ3) is 1.59. The summed E-state index contributed by atoms with van der Waals surface area (Å²) in [4.78, 5) is 7.72. The fourth-order valence-electron chi connectivity index (χ4n) is 2.44. The normalized spacial score (nSPS) is 11.5. The first-order valence-electron chi connectivity index (χ1n) is 6.32. The number of halogens is 1. The predicted octanol–water partition coefficient (Wildman–Crippen LogP) is 3.95. The van der Waals surface area contributed by atoms with E-state index in [0.29, 0.717) is 0 Å². The van der Waals surface area contributed by atoms with Crippen LogP contribution in [0.4, 0.5) is 0 Å². The van der Waals surface area contributed by atoms with E-state index < -0.39 is 0 Å². The van der Waals surface area contributed by atoms with Crippen molar-refractivity contribution >= 4 is 32.5 Å². The van der Waals surface area contributed by atoms with E-state index in [1.807, 2.05) is 41.9 Å². The highest BCUT2D eigenvalue weighted by Crippen LogP contribution is 2.28. The Balaban J connectivity index is 2.00. The van der Waals surface area contributed by atoms with Crippen molar-refractivity contribution in [2.45, 2.75) is 6.92 Å². The van der Waals surface area contributed by atoms with Gasteiger partial charge in [0.05, 0.1) is 11.4 Å². The fraction of sp³-hybridized carbons (Fsp3) is 0.0667. The smallest absolute Gasteiger partial charge is 0.155 e. The molecular formula is C15H11BrN4. The number of H-pyrrole nitrogens is 1. The van der Waals surface area contributed by atoms with Gasteiger partial charge < -0.3 is 4.98 Å². The van der Waals surface area contributed by atoms with Gasteiger partial charge in [-0.1, -0.05) is 18.2 Å². The van der Waals surface area contributed by atoms with Crippen molar-refractivity contribution in [1.29, 1.82) is 0 Å². The zero-order chi connectivity index (χ0) is 13.7.